The Kier molecular flexibility index (Phi) is 5.32. The van der Waals surface area contributed by atoms with Gasteiger partial charge in [0.15, 0.2) is 5.82 Å². The number of aromatic nitrogens is 4. The molecule has 6 rings (SSSR count). The van der Waals surface area contributed by atoms with Crippen molar-refractivity contribution < 1.29 is 4.39 Å². The number of nitrogens with two attached hydrogens (primary N) is 1. The lowest BCUT2D eigenvalue weighted by atomic mass is 9.94. The zero-order valence-corrected chi connectivity index (χ0v) is 20.3. The lowest BCUT2D eigenvalue weighted by Gasteiger charge is -2.27. The van der Waals surface area contributed by atoms with E-state index in [0.29, 0.717) is 51.1 Å². The first-order valence-electron chi connectivity index (χ1n) is 11.9. The third-order valence-electron chi connectivity index (χ3n) is 7.59. The number of hydrogen-bond donors (Lipinski definition) is 2. The molecule has 0 saturated carbocycles. The van der Waals surface area contributed by atoms with Gasteiger partial charge in [-0.25, -0.2) is 9.49 Å². The molecule has 0 spiro atoms. The number of aromatic amines is 1. The molecule has 8 nitrogen and oxygen atoms in total. The maximum absolute atomic E-state index is 15.8. The summed E-state index contributed by atoms with van der Waals surface area (Å²) in [5, 5.41) is 22.2. The van der Waals surface area contributed by atoms with Crippen molar-refractivity contribution in [2.75, 3.05) is 4.90 Å². The number of halogens is 2. The molecule has 10 heteroatoms. The van der Waals surface area contributed by atoms with Crippen LogP contribution in [-0.4, -0.2) is 32.1 Å². The second-order valence-electron chi connectivity index (χ2n) is 9.42. The van der Waals surface area contributed by atoms with E-state index in [1.165, 1.54) is 0 Å². The number of aryl methyl sites for hydroxylation is 1. The fraction of sp³-hybridized carbons (Fsp3) is 0.308. The fourth-order valence-corrected chi connectivity index (χ4v) is 6.14. The average Bonchev–Trinajstić information content (AvgIpc) is 3.60. The van der Waals surface area contributed by atoms with Gasteiger partial charge in [-0.05, 0) is 49.4 Å². The predicted octanol–water partition coefficient (Wildman–Crippen LogP) is 4.24. The van der Waals surface area contributed by atoms with Crippen molar-refractivity contribution >= 4 is 28.1 Å². The van der Waals surface area contributed by atoms with Crippen molar-refractivity contribution in [2.24, 2.45) is 12.8 Å². The van der Waals surface area contributed by atoms with Crippen LogP contribution in [0.1, 0.15) is 36.9 Å². The van der Waals surface area contributed by atoms with Gasteiger partial charge in [0.1, 0.15) is 6.07 Å². The smallest absolute Gasteiger partial charge is 0.272 e. The summed E-state index contributed by atoms with van der Waals surface area (Å²) in [4.78, 5) is 14.5. The van der Waals surface area contributed by atoms with Gasteiger partial charge in [-0.2, -0.15) is 15.5 Å². The number of hydrogen-bond acceptors (Lipinski definition) is 6. The molecule has 2 aliphatic rings. The maximum Gasteiger partial charge on any atom is 0.272 e. The Labute approximate surface area is 211 Å². The van der Waals surface area contributed by atoms with Gasteiger partial charge < -0.3 is 10.6 Å². The Morgan fingerprint density at radius 2 is 1.94 bits per heavy atom. The predicted molar refractivity (Wildman–Crippen MR) is 136 cm³/mol. The van der Waals surface area contributed by atoms with E-state index in [9.17, 15) is 10.1 Å². The fourth-order valence-electron chi connectivity index (χ4n) is 5.95. The third-order valence-corrected chi connectivity index (χ3v) is 7.86. The summed E-state index contributed by atoms with van der Waals surface area (Å²) in [5.74, 6) is -0.657. The first-order chi connectivity index (χ1) is 17.4. The molecule has 4 aromatic rings. The molecule has 182 valence electrons. The number of H-pyrrole nitrogens is 1. The lowest BCUT2D eigenvalue weighted by Crippen LogP contribution is -2.29. The monoisotopic (exact) mass is 503 g/mol. The maximum atomic E-state index is 15.8. The summed E-state index contributed by atoms with van der Waals surface area (Å²) in [6.07, 6.45) is 5.87. The Morgan fingerprint density at radius 3 is 2.61 bits per heavy atom. The average molecular weight is 504 g/mol. The summed E-state index contributed by atoms with van der Waals surface area (Å²) in [7, 11) is 1.71. The van der Waals surface area contributed by atoms with E-state index in [0.717, 1.165) is 25.7 Å². The molecule has 2 aromatic carbocycles. The van der Waals surface area contributed by atoms with Crippen LogP contribution in [0.2, 0.25) is 5.02 Å². The van der Waals surface area contributed by atoms with Crippen LogP contribution in [0.15, 0.2) is 35.3 Å². The number of nitrogens with one attached hydrogen (secondary N) is 1. The Balaban J connectivity index is 1.60. The molecule has 2 saturated heterocycles. The number of fused-ring (bicyclic) bond motifs is 3. The summed E-state index contributed by atoms with van der Waals surface area (Å²) in [6, 6.07) is 9.80. The first kappa shape index (κ1) is 22.7. The van der Waals surface area contributed by atoms with E-state index in [-0.39, 0.29) is 28.3 Å². The van der Waals surface area contributed by atoms with Crippen LogP contribution in [0.4, 0.5) is 10.1 Å². The zero-order valence-electron chi connectivity index (χ0n) is 19.6. The minimum absolute atomic E-state index is 0.0305. The van der Waals surface area contributed by atoms with E-state index in [1.54, 1.807) is 42.2 Å². The molecule has 0 unspecified atom stereocenters. The van der Waals surface area contributed by atoms with Crippen LogP contribution in [-0.2, 0) is 13.6 Å². The molecule has 0 atom stereocenters. The molecular formula is C26H23ClFN7O. The zero-order chi connectivity index (χ0) is 25.1. The standard InChI is InChI=1S/C26H23ClFN7O/c1-34-25(19(12-31-34)13-2-7-16-17(8-13)21(11-30)32-33-26(16)36)23-18(10-29)22(9-20(27)24(23)28)35-14-3-4-15(35)6-5-14/h2,7-9,12,14-15H,3-6,11,30H2,1H3,(H,33,36). The first-order valence-corrected chi connectivity index (χ1v) is 12.2. The molecule has 3 N–H and O–H groups in total. The molecular weight excluding hydrogens is 481 g/mol. The summed E-state index contributed by atoms with van der Waals surface area (Å²) >= 11 is 6.44. The van der Waals surface area contributed by atoms with E-state index < -0.39 is 5.82 Å². The molecule has 2 aliphatic heterocycles. The minimum Gasteiger partial charge on any atom is -0.364 e. The number of benzene rings is 2. The highest BCUT2D eigenvalue weighted by molar-refractivity contribution is 6.31. The summed E-state index contributed by atoms with van der Waals surface area (Å²) in [5.41, 5.74) is 8.86. The summed E-state index contributed by atoms with van der Waals surface area (Å²) < 4.78 is 17.3. The highest BCUT2D eigenvalue weighted by atomic mass is 35.5. The quantitative estimate of drug-likeness (QED) is 0.430. The van der Waals surface area contributed by atoms with Crippen LogP contribution in [0.5, 0.6) is 0 Å². The Hall–Kier alpha value is -3.74. The molecule has 36 heavy (non-hydrogen) atoms. The van der Waals surface area contributed by atoms with Gasteiger partial charge in [0.25, 0.3) is 5.56 Å². The van der Waals surface area contributed by atoms with Crippen molar-refractivity contribution in [1.82, 2.24) is 20.0 Å². The van der Waals surface area contributed by atoms with Crippen molar-refractivity contribution in [3.8, 4) is 28.5 Å². The molecule has 2 aromatic heterocycles. The van der Waals surface area contributed by atoms with Crippen LogP contribution in [0.25, 0.3) is 33.2 Å². The Morgan fingerprint density at radius 1 is 1.22 bits per heavy atom. The topological polar surface area (TPSA) is 117 Å². The number of nitrogens with zero attached hydrogens (tertiary/aromatic N) is 5. The molecule has 0 amide bonds. The van der Waals surface area contributed by atoms with Gasteiger partial charge in [0.2, 0.25) is 0 Å². The SMILES string of the molecule is Cn1ncc(-c2ccc3c(=O)[nH]nc(CN)c3c2)c1-c1c(F)c(Cl)cc(N2C3CCC2CC3)c1C#N. The second-order valence-corrected chi connectivity index (χ2v) is 9.82. The lowest BCUT2D eigenvalue weighted by molar-refractivity contribution is 0.576. The van der Waals surface area contributed by atoms with Crippen LogP contribution >= 0.6 is 11.6 Å². The molecule has 0 aliphatic carbocycles. The minimum atomic E-state index is -0.657. The molecule has 2 bridgehead atoms. The van der Waals surface area contributed by atoms with Gasteiger partial charge in [0, 0.05) is 36.6 Å². The third kappa shape index (κ3) is 3.25. The number of nitriles is 1. The van der Waals surface area contributed by atoms with Gasteiger partial charge in [0.05, 0.1) is 44.8 Å². The van der Waals surface area contributed by atoms with Crippen molar-refractivity contribution in [1.29, 1.82) is 5.26 Å². The van der Waals surface area contributed by atoms with Gasteiger partial charge in [-0.3, -0.25) is 9.48 Å². The summed E-state index contributed by atoms with van der Waals surface area (Å²) in [6.45, 7) is 0.139. The normalized spacial score (nSPS) is 18.8. The highest BCUT2D eigenvalue weighted by Gasteiger charge is 2.41. The van der Waals surface area contributed by atoms with E-state index in [2.05, 4.69) is 26.3 Å². The van der Waals surface area contributed by atoms with Crippen LogP contribution in [0.3, 0.4) is 0 Å². The van der Waals surface area contributed by atoms with Crippen molar-refractivity contribution in [3.63, 3.8) is 0 Å². The van der Waals surface area contributed by atoms with Crippen molar-refractivity contribution in [2.45, 2.75) is 44.3 Å². The van der Waals surface area contributed by atoms with Gasteiger partial charge in [-0.1, -0.05) is 17.7 Å². The van der Waals surface area contributed by atoms with E-state index in [4.69, 9.17) is 17.3 Å². The number of anilines is 1. The van der Waals surface area contributed by atoms with E-state index >= 15 is 4.39 Å². The van der Waals surface area contributed by atoms with Gasteiger partial charge in [-0.15, -0.1) is 0 Å². The Bertz CT molecular complexity index is 1620. The highest BCUT2D eigenvalue weighted by Crippen LogP contribution is 2.47. The number of rotatable bonds is 4. The van der Waals surface area contributed by atoms with Crippen LogP contribution < -0.4 is 16.2 Å². The van der Waals surface area contributed by atoms with Gasteiger partial charge >= 0.3 is 0 Å². The van der Waals surface area contributed by atoms with Crippen molar-refractivity contribution in [3.05, 3.63) is 62.9 Å². The van der Waals surface area contributed by atoms with Crippen LogP contribution in [0, 0.1) is 17.1 Å². The molecule has 2 fully saturated rings. The second kappa shape index (κ2) is 8.43. The molecule has 4 heterocycles. The van der Waals surface area contributed by atoms with E-state index in [1.807, 2.05) is 0 Å². The molecule has 0 radical (unpaired) electrons. The largest absolute Gasteiger partial charge is 0.364 e.